The summed E-state index contributed by atoms with van der Waals surface area (Å²) < 4.78 is 2.06. The van der Waals surface area contributed by atoms with E-state index in [-0.39, 0.29) is 0 Å². The number of rotatable bonds is 4. The topological polar surface area (TPSA) is 29.9 Å². The van der Waals surface area contributed by atoms with E-state index in [4.69, 9.17) is 0 Å². The van der Waals surface area contributed by atoms with Crippen LogP contribution in [0.2, 0.25) is 0 Å². The summed E-state index contributed by atoms with van der Waals surface area (Å²) in [6, 6.07) is 6.18. The second kappa shape index (κ2) is 4.75. The van der Waals surface area contributed by atoms with Crippen LogP contribution in [0.4, 0.5) is 0 Å². The van der Waals surface area contributed by atoms with Crippen molar-refractivity contribution in [2.75, 3.05) is 0 Å². The molecule has 15 heavy (non-hydrogen) atoms. The van der Waals surface area contributed by atoms with Crippen molar-refractivity contribution in [2.45, 2.75) is 13.1 Å². The average molecular weight is 201 g/mol. The molecule has 2 heterocycles. The predicted molar refractivity (Wildman–Crippen MR) is 60.2 cm³/mol. The summed E-state index contributed by atoms with van der Waals surface area (Å²) in [6.45, 7) is 1.79. The Labute approximate surface area is 89.8 Å². The minimum atomic E-state index is 0.886. The van der Waals surface area contributed by atoms with Crippen LogP contribution in [-0.4, -0.2) is 9.55 Å². The van der Waals surface area contributed by atoms with E-state index < -0.39 is 0 Å². The third-order valence-corrected chi connectivity index (χ3v) is 2.30. The van der Waals surface area contributed by atoms with Gasteiger partial charge in [-0.15, -0.1) is 0 Å². The molecule has 2 aromatic heterocycles. The van der Waals surface area contributed by atoms with Gasteiger partial charge in [-0.25, -0.2) is 0 Å². The van der Waals surface area contributed by atoms with Crippen LogP contribution >= 0.6 is 0 Å². The molecule has 2 rings (SSSR count). The van der Waals surface area contributed by atoms with Crippen LogP contribution in [0, 0.1) is 0 Å². The third kappa shape index (κ3) is 2.92. The van der Waals surface area contributed by atoms with Gasteiger partial charge in [0, 0.05) is 44.9 Å². The first kappa shape index (κ1) is 9.93. The summed E-state index contributed by atoms with van der Waals surface area (Å²) >= 11 is 0. The van der Waals surface area contributed by atoms with E-state index in [2.05, 4.69) is 33.3 Å². The van der Waals surface area contributed by atoms with Crippen LogP contribution in [0.25, 0.3) is 0 Å². The van der Waals surface area contributed by atoms with Crippen molar-refractivity contribution in [3.05, 3.63) is 54.1 Å². The zero-order valence-electron chi connectivity index (χ0n) is 8.85. The number of aryl methyl sites for hydroxylation is 1. The first-order valence-corrected chi connectivity index (χ1v) is 5.05. The van der Waals surface area contributed by atoms with E-state index in [1.807, 2.05) is 31.6 Å². The van der Waals surface area contributed by atoms with Crippen molar-refractivity contribution < 1.29 is 0 Å². The largest absolute Gasteiger partial charge is 0.357 e. The molecule has 0 spiro atoms. The Morgan fingerprint density at radius 2 is 1.87 bits per heavy atom. The summed E-state index contributed by atoms with van der Waals surface area (Å²) in [5.74, 6) is 0. The molecule has 0 aromatic carbocycles. The molecule has 78 valence electrons. The molecular formula is C12H15N3. The Bertz CT molecular complexity index is 406. The smallest absolute Gasteiger partial charge is 0.0271 e. The molecule has 0 atom stereocenters. The average Bonchev–Trinajstić information content (AvgIpc) is 2.66. The lowest BCUT2D eigenvalue weighted by Crippen LogP contribution is -2.12. The van der Waals surface area contributed by atoms with Crippen LogP contribution in [0.3, 0.4) is 0 Å². The van der Waals surface area contributed by atoms with Gasteiger partial charge in [-0.3, -0.25) is 4.98 Å². The van der Waals surface area contributed by atoms with Crippen LogP contribution in [0.15, 0.2) is 43.0 Å². The quantitative estimate of drug-likeness (QED) is 0.816. The van der Waals surface area contributed by atoms with Crippen LogP contribution < -0.4 is 5.32 Å². The SMILES string of the molecule is Cn1ccc(CNCc2ccncc2)c1. The number of pyridine rings is 1. The second-order valence-electron chi connectivity index (χ2n) is 3.64. The molecule has 0 saturated heterocycles. The van der Waals surface area contributed by atoms with E-state index in [1.165, 1.54) is 11.1 Å². The molecule has 0 amide bonds. The van der Waals surface area contributed by atoms with E-state index in [0.29, 0.717) is 0 Å². The standard InChI is InChI=1S/C12H15N3/c1-15-7-4-12(10-15)9-14-8-11-2-5-13-6-3-11/h2-7,10,14H,8-9H2,1H3. The zero-order valence-corrected chi connectivity index (χ0v) is 8.85. The highest BCUT2D eigenvalue weighted by Crippen LogP contribution is 2.00. The molecule has 0 aliphatic rings. The predicted octanol–water partition coefficient (Wildman–Crippen LogP) is 1.71. The fourth-order valence-corrected chi connectivity index (χ4v) is 1.52. The fourth-order valence-electron chi connectivity index (χ4n) is 1.52. The molecule has 0 aliphatic heterocycles. The van der Waals surface area contributed by atoms with Gasteiger partial charge in [0.1, 0.15) is 0 Å². The Hall–Kier alpha value is -1.61. The van der Waals surface area contributed by atoms with Crippen molar-refractivity contribution in [1.82, 2.24) is 14.9 Å². The fraction of sp³-hybridized carbons (Fsp3) is 0.250. The highest BCUT2D eigenvalue weighted by molar-refractivity contribution is 5.11. The van der Waals surface area contributed by atoms with Crippen molar-refractivity contribution >= 4 is 0 Å². The van der Waals surface area contributed by atoms with Gasteiger partial charge in [-0.05, 0) is 29.3 Å². The molecule has 2 aromatic rings. The first-order valence-electron chi connectivity index (χ1n) is 5.05. The maximum Gasteiger partial charge on any atom is 0.0271 e. The summed E-state index contributed by atoms with van der Waals surface area (Å²) in [6.07, 6.45) is 7.82. The normalized spacial score (nSPS) is 10.5. The molecule has 0 aliphatic carbocycles. The van der Waals surface area contributed by atoms with Gasteiger partial charge in [0.25, 0.3) is 0 Å². The Morgan fingerprint density at radius 3 is 2.53 bits per heavy atom. The molecule has 0 saturated carbocycles. The lowest BCUT2D eigenvalue weighted by molar-refractivity contribution is 0.691. The van der Waals surface area contributed by atoms with Gasteiger partial charge < -0.3 is 9.88 Å². The molecule has 3 heteroatoms. The number of hydrogen-bond acceptors (Lipinski definition) is 2. The second-order valence-corrected chi connectivity index (χ2v) is 3.64. The van der Waals surface area contributed by atoms with Gasteiger partial charge >= 0.3 is 0 Å². The van der Waals surface area contributed by atoms with Gasteiger partial charge in [0.15, 0.2) is 0 Å². The lowest BCUT2D eigenvalue weighted by Gasteiger charge is -2.02. The first-order chi connectivity index (χ1) is 7.34. The maximum atomic E-state index is 3.98. The van der Waals surface area contributed by atoms with Gasteiger partial charge in [0.2, 0.25) is 0 Å². The van der Waals surface area contributed by atoms with Crippen LogP contribution in [0.1, 0.15) is 11.1 Å². The van der Waals surface area contributed by atoms with E-state index in [9.17, 15) is 0 Å². The highest BCUT2D eigenvalue weighted by Gasteiger charge is 1.94. The molecule has 3 nitrogen and oxygen atoms in total. The molecule has 0 fully saturated rings. The van der Waals surface area contributed by atoms with Crippen molar-refractivity contribution in [2.24, 2.45) is 7.05 Å². The van der Waals surface area contributed by atoms with Crippen molar-refractivity contribution in [3.63, 3.8) is 0 Å². The number of nitrogens with one attached hydrogen (secondary N) is 1. The lowest BCUT2D eigenvalue weighted by atomic mass is 10.2. The summed E-state index contributed by atoms with van der Waals surface area (Å²) in [5.41, 5.74) is 2.58. The van der Waals surface area contributed by atoms with Crippen LogP contribution in [-0.2, 0) is 20.1 Å². The van der Waals surface area contributed by atoms with Crippen LogP contribution in [0.5, 0.6) is 0 Å². The van der Waals surface area contributed by atoms with Crippen molar-refractivity contribution in [3.8, 4) is 0 Å². The summed E-state index contributed by atoms with van der Waals surface area (Å²) in [4.78, 5) is 3.98. The zero-order chi connectivity index (χ0) is 10.5. The molecule has 0 unspecified atom stereocenters. The number of nitrogens with zero attached hydrogens (tertiary/aromatic N) is 2. The number of aromatic nitrogens is 2. The minimum Gasteiger partial charge on any atom is -0.357 e. The Morgan fingerprint density at radius 1 is 1.13 bits per heavy atom. The Balaban J connectivity index is 1.80. The highest BCUT2D eigenvalue weighted by atomic mass is 14.9. The minimum absolute atomic E-state index is 0.886. The molecule has 0 radical (unpaired) electrons. The van der Waals surface area contributed by atoms with E-state index >= 15 is 0 Å². The molecule has 1 N–H and O–H groups in total. The van der Waals surface area contributed by atoms with Gasteiger partial charge in [0.05, 0.1) is 0 Å². The van der Waals surface area contributed by atoms with Gasteiger partial charge in [-0.1, -0.05) is 0 Å². The van der Waals surface area contributed by atoms with E-state index in [0.717, 1.165) is 13.1 Å². The number of hydrogen-bond donors (Lipinski definition) is 1. The van der Waals surface area contributed by atoms with Crippen molar-refractivity contribution in [1.29, 1.82) is 0 Å². The van der Waals surface area contributed by atoms with E-state index in [1.54, 1.807) is 0 Å². The maximum absolute atomic E-state index is 3.98. The summed E-state index contributed by atoms with van der Waals surface area (Å²) in [7, 11) is 2.03. The molecule has 0 bridgehead atoms. The Kier molecular flexibility index (Phi) is 3.15. The monoisotopic (exact) mass is 201 g/mol. The summed E-state index contributed by atoms with van der Waals surface area (Å²) in [5, 5.41) is 3.39. The molecular weight excluding hydrogens is 186 g/mol. The van der Waals surface area contributed by atoms with Gasteiger partial charge in [-0.2, -0.15) is 0 Å². The third-order valence-electron chi connectivity index (χ3n) is 2.30.